The maximum atomic E-state index is 10.6. The molecule has 0 bridgehead atoms. The molecule has 0 spiro atoms. The molecular weight excluding hydrogens is 224 g/mol. The van der Waals surface area contributed by atoms with E-state index in [9.17, 15) is 10.1 Å². The van der Waals surface area contributed by atoms with Gasteiger partial charge in [0.2, 0.25) is 0 Å². The number of rotatable bonds is 2. The van der Waals surface area contributed by atoms with Crippen LogP contribution in [0.4, 0.5) is 10.0 Å². The third kappa shape index (κ3) is 2.35. The summed E-state index contributed by atoms with van der Waals surface area (Å²) in [6, 6.07) is 3.47. The standard InChI is InChI=1S/C11H16N2O2S/c1-8-5-9(2)7-12(6-8)10-3-4-11(16-10)13(14)15/h3-4,8-9H,5-7H2,1-2H3/t8-,9-/m1/s1. The number of hydrogen-bond donors (Lipinski definition) is 0. The molecule has 1 aromatic rings. The monoisotopic (exact) mass is 240 g/mol. The number of nitro groups is 1. The van der Waals surface area contributed by atoms with Crippen LogP contribution in [-0.2, 0) is 0 Å². The van der Waals surface area contributed by atoms with Crippen LogP contribution in [0.25, 0.3) is 0 Å². The van der Waals surface area contributed by atoms with Crippen LogP contribution in [0, 0.1) is 22.0 Å². The van der Waals surface area contributed by atoms with Gasteiger partial charge >= 0.3 is 5.00 Å². The summed E-state index contributed by atoms with van der Waals surface area (Å²) in [5.41, 5.74) is 0. The molecule has 1 aliphatic heterocycles. The van der Waals surface area contributed by atoms with Crippen molar-refractivity contribution >= 4 is 21.3 Å². The highest BCUT2D eigenvalue weighted by Crippen LogP contribution is 2.34. The summed E-state index contributed by atoms with van der Waals surface area (Å²) in [6.07, 6.45) is 1.25. The van der Waals surface area contributed by atoms with Crippen LogP contribution in [-0.4, -0.2) is 18.0 Å². The van der Waals surface area contributed by atoms with E-state index in [0.717, 1.165) is 18.1 Å². The summed E-state index contributed by atoms with van der Waals surface area (Å²) in [4.78, 5) is 12.6. The lowest BCUT2D eigenvalue weighted by atomic mass is 9.92. The predicted octanol–water partition coefficient (Wildman–Crippen LogP) is 3.14. The first-order valence-electron chi connectivity index (χ1n) is 5.55. The molecular formula is C11H16N2O2S. The summed E-state index contributed by atoms with van der Waals surface area (Å²) in [7, 11) is 0. The van der Waals surface area contributed by atoms with Gasteiger partial charge in [-0.1, -0.05) is 13.8 Å². The second-order valence-corrected chi connectivity index (χ2v) is 5.76. The summed E-state index contributed by atoms with van der Waals surface area (Å²) >= 11 is 1.28. The van der Waals surface area contributed by atoms with E-state index in [2.05, 4.69) is 18.7 Å². The van der Waals surface area contributed by atoms with Gasteiger partial charge in [0.15, 0.2) is 0 Å². The van der Waals surface area contributed by atoms with E-state index in [4.69, 9.17) is 0 Å². The van der Waals surface area contributed by atoms with Crippen LogP contribution in [0.1, 0.15) is 20.3 Å². The highest BCUT2D eigenvalue weighted by molar-refractivity contribution is 7.19. The van der Waals surface area contributed by atoms with Gasteiger partial charge < -0.3 is 4.90 Å². The van der Waals surface area contributed by atoms with Gasteiger partial charge in [0.25, 0.3) is 0 Å². The van der Waals surface area contributed by atoms with E-state index in [0.29, 0.717) is 11.8 Å². The molecule has 0 amide bonds. The van der Waals surface area contributed by atoms with Crippen molar-refractivity contribution in [3.63, 3.8) is 0 Å². The molecule has 1 saturated heterocycles. The van der Waals surface area contributed by atoms with E-state index in [1.807, 2.05) is 6.07 Å². The fourth-order valence-corrected chi connectivity index (χ4v) is 3.27. The van der Waals surface area contributed by atoms with Crippen molar-refractivity contribution in [3.8, 4) is 0 Å². The number of piperidine rings is 1. The first kappa shape index (κ1) is 11.4. The molecule has 0 unspecified atom stereocenters. The van der Waals surface area contributed by atoms with E-state index in [1.165, 1.54) is 17.8 Å². The summed E-state index contributed by atoms with van der Waals surface area (Å²) < 4.78 is 0. The minimum Gasteiger partial charge on any atom is -0.363 e. The highest BCUT2D eigenvalue weighted by Gasteiger charge is 2.24. The lowest BCUT2D eigenvalue weighted by Gasteiger charge is -2.35. The first-order valence-corrected chi connectivity index (χ1v) is 6.37. The van der Waals surface area contributed by atoms with Gasteiger partial charge in [-0.15, -0.1) is 0 Å². The normalized spacial score (nSPS) is 25.8. The second-order valence-electron chi connectivity index (χ2n) is 4.72. The topological polar surface area (TPSA) is 46.4 Å². The molecule has 2 rings (SSSR count). The van der Waals surface area contributed by atoms with E-state index in [-0.39, 0.29) is 9.92 Å². The number of nitrogens with zero attached hydrogens (tertiary/aromatic N) is 2. The fraction of sp³-hybridized carbons (Fsp3) is 0.636. The molecule has 4 nitrogen and oxygen atoms in total. The molecule has 2 atom stereocenters. The Kier molecular flexibility index (Phi) is 3.14. The lowest BCUT2D eigenvalue weighted by molar-refractivity contribution is -0.380. The van der Waals surface area contributed by atoms with Gasteiger partial charge in [-0.2, -0.15) is 0 Å². The minimum atomic E-state index is -0.315. The Hall–Kier alpha value is -1.10. The largest absolute Gasteiger partial charge is 0.363 e. The zero-order valence-electron chi connectivity index (χ0n) is 9.55. The maximum Gasteiger partial charge on any atom is 0.326 e. The highest BCUT2D eigenvalue weighted by atomic mass is 32.1. The molecule has 5 heteroatoms. The predicted molar refractivity (Wildman–Crippen MR) is 66.1 cm³/mol. The van der Waals surface area contributed by atoms with Gasteiger partial charge in [0.05, 0.1) is 9.92 Å². The van der Waals surface area contributed by atoms with Gasteiger partial charge in [-0.3, -0.25) is 10.1 Å². The molecule has 16 heavy (non-hydrogen) atoms. The smallest absolute Gasteiger partial charge is 0.326 e. The Morgan fingerprint density at radius 3 is 2.50 bits per heavy atom. The molecule has 0 aromatic carbocycles. The van der Waals surface area contributed by atoms with Crippen molar-refractivity contribution in [1.29, 1.82) is 0 Å². The molecule has 0 radical (unpaired) electrons. The van der Waals surface area contributed by atoms with Crippen LogP contribution in [0.15, 0.2) is 12.1 Å². The zero-order valence-corrected chi connectivity index (χ0v) is 10.4. The maximum absolute atomic E-state index is 10.6. The van der Waals surface area contributed by atoms with Crippen molar-refractivity contribution in [1.82, 2.24) is 0 Å². The number of thiophene rings is 1. The quantitative estimate of drug-likeness (QED) is 0.589. The number of anilines is 1. The summed E-state index contributed by atoms with van der Waals surface area (Å²) in [6.45, 7) is 6.51. The molecule has 1 aliphatic rings. The van der Waals surface area contributed by atoms with Crippen molar-refractivity contribution in [2.75, 3.05) is 18.0 Å². The molecule has 0 saturated carbocycles. The summed E-state index contributed by atoms with van der Waals surface area (Å²) in [5, 5.41) is 11.9. The Labute approximate surface area is 99.0 Å². The summed E-state index contributed by atoms with van der Waals surface area (Å²) in [5.74, 6) is 1.34. The van der Waals surface area contributed by atoms with Crippen molar-refractivity contribution in [3.05, 3.63) is 22.2 Å². The molecule has 0 aliphatic carbocycles. The second kappa shape index (κ2) is 4.41. The zero-order chi connectivity index (χ0) is 11.7. The molecule has 2 heterocycles. The van der Waals surface area contributed by atoms with Gasteiger partial charge in [-0.25, -0.2) is 0 Å². The van der Waals surface area contributed by atoms with E-state index >= 15 is 0 Å². The van der Waals surface area contributed by atoms with E-state index < -0.39 is 0 Å². The van der Waals surface area contributed by atoms with Crippen LogP contribution in [0.5, 0.6) is 0 Å². The third-order valence-corrected chi connectivity index (χ3v) is 4.04. The van der Waals surface area contributed by atoms with E-state index in [1.54, 1.807) is 6.07 Å². The van der Waals surface area contributed by atoms with Crippen LogP contribution < -0.4 is 4.90 Å². The Morgan fingerprint density at radius 2 is 2.00 bits per heavy atom. The van der Waals surface area contributed by atoms with Gasteiger partial charge in [0, 0.05) is 19.2 Å². The molecule has 1 aromatic heterocycles. The minimum absolute atomic E-state index is 0.237. The average molecular weight is 240 g/mol. The first-order chi connectivity index (χ1) is 7.56. The Morgan fingerprint density at radius 1 is 1.38 bits per heavy atom. The lowest BCUT2D eigenvalue weighted by Crippen LogP contribution is -2.38. The van der Waals surface area contributed by atoms with Crippen LogP contribution in [0.3, 0.4) is 0 Å². The SMILES string of the molecule is C[C@@H]1C[C@@H](C)CN(c2ccc([N+](=O)[O-])s2)C1. The molecule has 0 N–H and O–H groups in total. The Balaban J connectivity index is 2.13. The molecule has 88 valence electrons. The van der Waals surface area contributed by atoms with Crippen molar-refractivity contribution in [2.24, 2.45) is 11.8 Å². The Bertz CT molecular complexity index is 381. The van der Waals surface area contributed by atoms with Crippen LogP contribution >= 0.6 is 11.3 Å². The third-order valence-electron chi connectivity index (χ3n) is 2.94. The molecule has 1 fully saturated rings. The fourth-order valence-electron chi connectivity index (χ4n) is 2.43. The van der Waals surface area contributed by atoms with Gasteiger partial charge in [-0.05, 0) is 35.7 Å². The van der Waals surface area contributed by atoms with Crippen molar-refractivity contribution in [2.45, 2.75) is 20.3 Å². The van der Waals surface area contributed by atoms with Crippen molar-refractivity contribution < 1.29 is 4.92 Å². The van der Waals surface area contributed by atoms with Crippen LogP contribution in [0.2, 0.25) is 0 Å². The van der Waals surface area contributed by atoms with Gasteiger partial charge in [0.1, 0.15) is 0 Å². The average Bonchev–Trinajstić information content (AvgIpc) is 2.64. The number of hydrogen-bond acceptors (Lipinski definition) is 4.